The summed E-state index contributed by atoms with van der Waals surface area (Å²) in [6.07, 6.45) is 0. The second-order valence-corrected chi connectivity index (χ2v) is 10.5. The number of methoxy groups -OCH3 is 1. The number of amides is 1. The summed E-state index contributed by atoms with van der Waals surface area (Å²) in [6, 6.07) is 11.2. The Morgan fingerprint density at radius 1 is 0.977 bits per heavy atom. The number of benzene rings is 2. The van der Waals surface area contributed by atoms with Gasteiger partial charge in [-0.2, -0.15) is 0 Å². The smallest absolute Gasteiger partial charge is 0.338 e. The van der Waals surface area contributed by atoms with E-state index in [1.807, 2.05) is 6.92 Å². The third kappa shape index (κ3) is 5.22. The van der Waals surface area contributed by atoms with Gasteiger partial charge in [-0.05, 0) is 51.5 Å². The van der Waals surface area contributed by atoms with Crippen molar-refractivity contribution in [3.05, 3.63) is 84.5 Å². The molecule has 0 aliphatic carbocycles. The van der Waals surface area contributed by atoms with Crippen LogP contribution >= 0.6 is 11.3 Å². The van der Waals surface area contributed by atoms with Gasteiger partial charge in [0.2, 0.25) is 0 Å². The number of carbonyl (C=O) groups excluding carboxylic acids is 3. The van der Waals surface area contributed by atoms with Gasteiger partial charge in [-0.3, -0.25) is 23.9 Å². The number of carbonyl (C=O) groups is 3. The molecule has 1 aromatic heterocycles. The first-order chi connectivity index (χ1) is 20.7. The topological polar surface area (TPSA) is 126 Å². The minimum atomic E-state index is -0.919. The normalized spacial score (nSPS) is 16.8. The average Bonchev–Trinajstić information content (AvgIpc) is 3.44. The van der Waals surface area contributed by atoms with Crippen LogP contribution in [0.2, 0.25) is 0 Å². The molecule has 0 bridgehead atoms. The maximum Gasteiger partial charge on any atom is 0.338 e. The van der Waals surface area contributed by atoms with E-state index in [2.05, 4.69) is 4.99 Å². The van der Waals surface area contributed by atoms with Crippen molar-refractivity contribution in [2.24, 2.45) is 4.99 Å². The summed E-state index contributed by atoms with van der Waals surface area (Å²) in [7, 11) is 1.53. The molecule has 224 valence electrons. The molecule has 11 nitrogen and oxygen atoms in total. The zero-order valence-corrected chi connectivity index (χ0v) is 25.3. The average molecular weight is 606 g/mol. The van der Waals surface area contributed by atoms with Crippen LogP contribution in [-0.4, -0.2) is 55.9 Å². The Balaban J connectivity index is 1.76. The van der Waals surface area contributed by atoms with Crippen molar-refractivity contribution in [2.75, 3.05) is 38.4 Å². The van der Waals surface area contributed by atoms with Crippen LogP contribution in [0.25, 0.3) is 5.57 Å². The molecule has 2 aromatic carbocycles. The molecule has 12 heteroatoms. The number of fused-ring (bicyclic) bond motifs is 2. The second kappa shape index (κ2) is 12.3. The predicted octanol–water partition coefficient (Wildman–Crippen LogP) is 2.49. The summed E-state index contributed by atoms with van der Waals surface area (Å²) in [5, 5.41) is 0. The summed E-state index contributed by atoms with van der Waals surface area (Å²) in [5.74, 6) is -0.732. The first-order valence-electron chi connectivity index (χ1n) is 13.8. The van der Waals surface area contributed by atoms with Gasteiger partial charge in [-0.1, -0.05) is 35.6 Å². The van der Waals surface area contributed by atoms with Crippen molar-refractivity contribution in [3.63, 3.8) is 0 Å². The summed E-state index contributed by atoms with van der Waals surface area (Å²) < 4.78 is 23.3. The number of ether oxygens (including phenoxy) is 4. The molecule has 0 unspecified atom stereocenters. The van der Waals surface area contributed by atoms with Crippen LogP contribution in [0.1, 0.15) is 44.9 Å². The number of nitrogens with zero attached hydrogens (tertiary/aromatic N) is 3. The van der Waals surface area contributed by atoms with Gasteiger partial charge >= 0.3 is 11.9 Å². The van der Waals surface area contributed by atoms with Crippen molar-refractivity contribution in [1.29, 1.82) is 0 Å². The fourth-order valence-electron chi connectivity index (χ4n) is 5.28. The van der Waals surface area contributed by atoms with Crippen LogP contribution in [0.15, 0.2) is 63.5 Å². The highest BCUT2D eigenvalue weighted by Crippen LogP contribution is 2.37. The van der Waals surface area contributed by atoms with E-state index >= 15 is 0 Å². The summed E-state index contributed by atoms with van der Waals surface area (Å²) in [5.41, 5.74) is 1.82. The number of allylic oxidation sites excluding steroid dienone is 1. The standard InChI is InChI=1S/C31H31N3O8S/c1-6-40-22-15-18(13-14-21(22)39-5)26-24(30(38)42-8-3)17(4)32-31-34(26)29(37)27(43-31)25-19-11-9-10-12-20(19)33(28(25)36)16-23(35)41-7-2/h9-15,26H,6-8,16H2,1-5H3/b27-25+/t26-/m0/s1. The molecule has 0 saturated heterocycles. The van der Waals surface area contributed by atoms with Crippen LogP contribution < -0.4 is 29.3 Å². The lowest BCUT2D eigenvalue weighted by Gasteiger charge is -2.25. The number of hydrogen-bond acceptors (Lipinski definition) is 10. The van der Waals surface area contributed by atoms with E-state index < -0.39 is 29.4 Å². The van der Waals surface area contributed by atoms with Crippen LogP contribution in [0, 0.1) is 0 Å². The molecule has 0 spiro atoms. The molecular weight excluding hydrogens is 574 g/mol. The number of para-hydroxylation sites is 1. The highest BCUT2D eigenvalue weighted by Gasteiger charge is 2.38. The third-order valence-electron chi connectivity index (χ3n) is 7.04. The number of aromatic nitrogens is 1. The molecule has 3 aromatic rings. The van der Waals surface area contributed by atoms with Crippen LogP contribution in [0.3, 0.4) is 0 Å². The first-order valence-corrected chi connectivity index (χ1v) is 14.7. The lowest BCUT2D eigenvalue weighted by atomic mass is 9.95. The summed E-state index contributed by atoms with van der Waals surface area (Å²) >= 11 is 1.05. The van der Waals surface area contributed by atoms with Gasteiger partial charge < -0.3 is 18.9 Å². The molecule has 2 aliphatic heterocycles. The maximum atomic E-state index is 14.3. The molecule has 3 heterocycles. The van der Waals surface area contributed by atoms with Crippen molar-refractivity contribution in [2.45, 2.75) is 33.7 Å². The number of esters is 2. The van der Waals surface area contributed by atoms with Gasteiger partial charge in [0.05, 0.1) is 55.5 Å². The van der Waals surface area contributed by atoms with E-state index in [4.69, 9.17) is 18.9 Å². The highest BCUT2D eigenvalue weighted by atomic mass is 32.1. The van der Waals surface area contributed by atoms with E-state index in [1.54, 1.807) is 63.2 Å². The number of rotatable bonds is 9. The van der Waals surface area contributed by atoms with Gasteiger partial charge in [0.15, 0.2) is 16.3 Å². The minimum Gasteiger partial charge on any atom is -0.493 e. The van der Waals surface area contributed by atoms with E-state index in [0.29, 0.717) is 45.4 Å². The number of anilines is 1. The Labute approximate surface area is 251 Å². The van der Waals surface area contributed by atoms with E-state index in [1.165, 1.54) is 16.6 Å². The molecule has 43 heavy (non-hydrogen) atoms. The first kappa shape index (κ1) is 29.8. The molecule has 0 N–H and O–H groups in total. The van der Waals surface area contributed by atoms with Crippen molar-refractivity contribution in [1.82, 2.24) is 4.57 Å². The minimum absolute atomic E-state index is 0.130. The molecular formula is C31H31N3O8S. The fraction of sp³-hybridized carbons (Fsp3) is 0.323. The van der Waals surface area contributed by atoms with Gasteiger partial charge in [0, 0.05) is 5.56 Å². The molecule has 5 rings (SSSR count). The lowest BCUT2D eigenvalue weighted by Crippen LogP contribution is -2.41. The van der Waals surface area contributed by atoms with Gasteiger partial charge in [-0.25, -0.2) is 9.79 Å². The summed E-state index contributed by atoms with van der Waals surface area (Å²) in [6.45, 7) is 7.29. The zero-order valence-electron chi connectivity index (χ0n) is 24.5. The van der Waals surface area contributed by atoms with E-state index in [0.717, 1.165) is 11.3 Å². The van der Waals surface area contributed by atoms with Gasteiger partial charge in [0.25, 0.3) is 11.5 Å². The monoisotopic (exact) mass is 605 g/mol. The van der Waals surface area contributed by atoms with E-state index in [9.17, 15) is 19.2 Å². The van der Waals surface area contributed by atoms with Crippen molar-refractivity contribution in [3.8, 4) is 11.5 Å². The third-order valence-corrected chi connectivity index (χ3v) is 8.09. The molecule has 1 atom stereocenters. The second-order valence-electron chi connectivity index (χ2n) is 9.55. The quantitative estimate of drug-likeness (QED) is 0.341. The fourth-order valence-corrected chi connectivity index (χ4v) is 6.42. The Morgan fingerprint density at radius 3 is 2.42 bits per heavy atom. The molecule has 0 fully saturated rings. The van der Waals surface area contributed by atoms with Crippen LogP contribution in [-0.2, 0) is 23.9 Å². The van der Waals surface area contributed by atoms with Crippen molar-refractivity contribution >= 4 is 40.4 Å². The Morgan fingerprint density at radius 2 is 1.72 bits per heavy atom. The molecule has 0 radical (unpaired) electrons. The zero-order chi connectivity index (χ0) is 30.8. The highest BCUT2D eigenvalue weighted by molar-refractivity contribution is 7.07. The Bertz CT molecular complexity index is 1840. The molecule has 2 aliphatic rings. The molecule has 0 saturated carbocycles. The Kier molecular flexibility index (Phi) is 8.49. The predicted molar refractivity (Wildman–Crippen MR) is 159 cm³/mol. The van der Waals surface area contributed by atoms with Crippen LogP contribution in [0.5, 0.6) is 11.5 Å². The van der Waals surface area contributed by atoms with E-state index in [-0.39, 0.29) is 35.4 Å². The number of hydrogen-bond donors (Lipinski definition) is 0. The Hall–Kier alpha value is -4.71. The lowest BCUT2D eigenvalue weighted by molar-refractivity contribution is -0.142. The summed E-state index contributed by atoms with van der Waals surface area (Å²) in [4.78, 5) is 60.1. The molecule has 1 amide bonds. The maximum absolute atomic E-state index is 14.3. The van der Waals surface area contributed by atoms with Gasteiger partial charge in [0.1, 0.15) is 11.1 Å². The SMILES string of the molecule is CCOC(=O)CN1C(=O)/C(=c2/sc3n(c2=O)[C@@H](c2ccc(OC)c(OCC)c2)C(C(=O)OCC)=C(C)N=3)c2ccccc21. The van der Waals surface area contributed by atoms with Crippen LogP contribution in [0.4, 0.5) is 5.69 Å². The van der Waals surface area contributed by atoms with Crippen molar-refractivity contribution < 1.29 is 33.3 Å². The number of thiazole rings is 1. The largest absolute Gasteiger partial charge is 0.493 e. The van der Waals surface area contributed by atoms with Gasteiger partial charge in [-0.15, -0.1) is 0 Å².